The van der Waals surface area contributed by atoms with Crippen LogP contribution in [0.4, 0.5) is 4.39 Å². The van der Waals surface area contributed by atoms with Gasteiger partial charge in [0, 0.05) is 24.4 Å². The minimum atomic E-state index is -0.128. The van der Waals surface area contributed by atoms with Crippen molar-refractivity contribution in [3.63, 3.8) is 0 Å². The van der Waals surface area contributed by atoms with E-state index in [1.165, 1.54) is 6.07 Å². The van der Waals surface area contributed by atoms with Crippen LogP contribution in [0, 0.1) is 5.82 Å². The first kappa shape index (κ1) is 14.7. The lowest BCUT2D eigenvalue weighted by Gasteiger charge is -2.18. The molecule has 0 aliphatic rings. The van der Waals surface area contributed by atoms with E-state index in [-0.39, 0.29) is 11.9 Å². The molecule has 0 amide bonds. The van der Waals surface area contributed by atoms with Crippen LogP contribution in [0.5, 0.6) is 0 Å². The lowest BCUT2D eigenvalue weighted by Crippen LogP contribution is -2.34. The first-order valence-corrected chi connectivity index (χ1v) is 7.16. The molecule has 2 nitrogen and oxygen atoms in total. The van der Waals surface area contributed by atoms with Gasteiger partial charge in [-0.15, -0.1) is 0 Å². The largest absolute Gasteiger partial charge is 0.313 e. The van der Waals surface area contributed by atoms with E-state index in [4.69, 9.17) is 0 Å². The minimum absolute atomic E-state index is 0.128. The van der Waals surface area contributed by atoms with E-state index in [9.17, 15) is 4.39 Å². The highest BCUT2D eigenvalue weighted by molar-refractivity contribution is 5.19. The van der Waals surface area contributed by atoms with E-state index in [0.717, 1.165) is 30.6 Å². The average molecular weight is 272 g/mol. The van der Waals surface area contributed by atoms with Gasteiger partial charge in [0.2, 0.25) is 0 Å². The fourth-order valence-electron chi connectivity index (χ4n) is 2.27. The number of hydrogen-bond acceptors (Lipinski definition) is 2. The zero-order valence-electron chi connectivity index (χ0n) is 11.8. The molecule has 20 heavy (non-hydrogen) atoms. The van der Waals surface area contributed by atoms with E-state index in [1.807, 2.05) is 30.3 Å². The fourth-order valence-corrected chi connectivity index (χ4v) is 2.27. The maximum atomic E-state index is 13.8. The molecule has 0 bridgehead atoms. The van der Waals surface area contributed by atoms with Gasteiger partial charge in [-0.05, 0) is 43.1 Å². The molecule has 1 unspecified atom stereocenters. The molecule has 0 saturated heterocycles. The second kappa shape index (κ2) is 7.75. The summed E-state index contributed by atoms with van der Waals surface area (Å²) in [4.78, 5) is 4.36. The summed E-state index contributed by atoms with van der Waals surface area (Å²) >= 11 is 0. The van der Waals surface area contributed by atoms with Crippen molar-refractivity contribution in [2.75, 3.05) is 6.54 Å². The topological polar surface area (TPSA) is 24.9 Å². The van der Waals surface area contributed by atoms with Gasteiger partial charge in [-0.1, -0.05) is 31.2 Å². The van der Waals surface area contributed by atoms with E-state index in [0.29, 0.717) is 6.42 Å². The Bertz CT molecular complexity index is 513. The molecule has 0 spiro atoms. The predicted octanol–water partition coefficient (Wildman–Crippen LogP) is 3.37. The molecular weight excluding hydrogens is 251 g/mol. The number of aromatic nitrogens is 1. The highest BCUT2D eigenvalue weighted by atomic mass is 19.1. The Morgan fingerprint density at radius 1 is 1.10 bits per heavy atom. The number of nitrogens with zero attached hydrogens (tertiary/aromatic N) is 1. The Morgan fingerprint density at radius 2 is 1.90 bits per heavy atom. The van der Waals surface area contributed by atoms with Crippen LogP contribution < -0.4 is 5.32 Å². The third-order valence-corrected chi connectivity index (χ3v) is 3.29. The second-order valence-electron chi connectivity index (χ2n) is 4.97. The molecule has 1 aromatic heterocycles. The summed E-state index contributed by atoms with van der Waals surface area (Å²) in [7, 11) is 0. The molecule has 0 radical (unpaired) electrons. The van der Waals surface area contributed by atoms with Crippen molar-refractivity contribution in [1.29, 1.82) is 0 Å². The molecule has 0 saturated carbocycles. The zero-order valence-corrected chi connectivity index (χ0v) is 11.8. The van der Waals surface area contributed by atoms with Crippen LogP contribution >= 0.6 is 0 Å². The number of halogens is 1. The lowest BCUT2D eigenvalue weighted by atomic mass is 10.0. The molecule has 0 aliphatic heterocycles. The van der Waals surface area contributed by atoms with Crippen LogP contribution in [-0.2, 0) is 12.8 Å². The second-order valence-corrected chi connectivity index (χ2v) is 4.97. The van der Waals surface area contributed by atoms with Gasteiger partial charge in [0.05, 0.1) is 0 Å². The third kappa shape index (κ3) is 4.42. The average Bonchev–Trinajstić information content (AvgIpc) is 2.48. The standard InChI is InChI=1S/C17H21FN2/c1-2-10-19-16(13-15-8-5-6-11-20-15)12-14-7-3-4-9-17(14)18/h3-9,11,16,19H,2,10,12-13H2,1H3. The summed E-state index contributed by atoms with van der Waals surface area (Å²) in [5.74, 6) is -0.128. The molecule has 1 aromatic carbocycles. The van der Waals surface area contributed by atoms with Gasteiger partial charge in [0.1, 0.15) is 5.82 Å². The molecule has 1 N–H and O–H groups in total. The van der Waals surface area contributed by atoms with E-state index < -0.39 is 0 Å². The van der Waals surface area contributed by atoms with Crippen molar-refractivity contribution < 1.29 is 4.39 Å². The van der Waals surface area contributed by atoms with Gasteiger partial charge < -0.3 is 5.32 Å². The molecule has 0 aliphatic carbocycles. The molecular formula is C17H21FN2. The summed E-state index contributed by atoms with van der Waals surface area (Å²) in [6, 6.07) is 13.1. The summed E-state index contributed by atoms with van der Waals surface area (Å²) < 4.78 is 13.8. The maximum Gasteiger partial charge on any atom is 0.126 e. The smallest absolute Gasteiger partial charge is 0.126 e. The number of nitrogens with one attached hydrogen (secondary N) is 1. The number of rotatable bonds is 7. The number of pyridine rings is 1. The molecule has 106 valence electrons. The van der Waals surface area contributed by atoms with Gasteiger partial charge in [0.25, 0.3) is 0 Å². The first-order chi connectivity index (χ1) is 9.79. The SMILES string of the molecule is CCCNC(Cc1ccccn1)Cc1ccccc1F. The quantitative estimate of drug-likeness (QED) is 0.836. The predicted molar refractivity (Wildman–Crippen MR) is 80.1 cm³/mol. The molecule has 1 atom stereocenters. The summed E-state index contributed by atoms with van der Waals surface area (Å²) in [5, 5.41) is 3.49. The van der Waals surface area contributed by atoms with E-state index >= 15 is 0 Å². The molecule has 1 heterocycles. The van der Waals surface area contributed by atoms with Crippen molar-refractivity contribution in [3.05, 3.63) is 65.7 Å². The Morgan fingerprint density at radius 3 is 2.60 bits per heavy atom. The van der Waals surface area contributed by atoms with Crippen LogP contribution in [0.2, 0.25) is 0 Å². The zero-order chi connectivity index (χ0) is 14.2. The van der Waals surface area contributed by atoms with Gasteiger partial charge in [-0.3, -0.25) is 4.98 Å². The minimum Gasteiger partial charge on any atom is -0.313 e. The van der Waals surface area contributed by atoms with Crippen molar-refractivity contribution in [1.82, 2.24) is 10.3 Å². The highest BCUT2D eigenvalue weighted by Crippen LogP contribution is 2.11. The molecule has 2 aromatic rings. The number of hydrogen-bond donors (Lipinski definition) is 1. The Kier molecular flexibility index (Phi) is 5.69. The molecule has 3 heteroatoms. The Labute approximate surface area is 120 Å². The maximum absolute atomic E-state index is 13.8. The molecule has 0 fully saturated rings. The van der Waals surface area contributed by atoms with Crippen LogP contribution in [0.1, 0.15) is 24.6 Å². The van der Waals surface area contributed by atoms with Crippen molar-refractivity contribution in [2.45, 2.75) is 32.2 Å². The summed E-state index contributed by atoms with van der Waals surface area (Å²) in [6.45, 7) is 3.07. The van der Waals surface area contributed by atoms with Gasteiger partial charge in [-0.2, -0.15) is 0 Å². The first-order valence-electron chi connectivity index (χ1n) is 7.16. The summed E-state index contributed by atoms with van der Waals surface area (Å²) in [5.41, 5.74) is 1.80. The van der Waals surface area contributed by atoms with Crippen molar-refractivity contribution in [3.8, 4) is 0 Å². The van der Waals surface area contributed by atoms with Crippen LogP contribution in [0.3, 0.4) is 0 Å². The van der Waals surface area contributed by atoms with Crippen molar-refractivity contribution >= 4 is 0 Å². The fraction of sp³-hybridized carbons (Fsp3) is 0.353. The van der Waals surface area contributed by atoms with E-state index in [2.05, 4.69) is 17.2 Å². The van der Waals surface area contributed by atoms with Gasteiger partial charge in [0.15, 0.2) is 0 Å². The number of benzene rings is 1. The van der Waals surface area contributed by atoms with Gasteiger partial charge in [-0.25, -0.2) is 4.39 Å². The highest BCUT2D eigenvalue weighted by Gasteiger charge is 2.12. The summed E-state index contributed by atoms with van der Waals surface area (Å²) in [6.07, 6.45) is 4.36. The van der Waals surface area contributed by atoms with Crippen molar-refractivity contribution in [2.24, 2.45) is 0 Å². The van der Waals surface area contributed by atoms with Crippen LogP contribution in [0.15, 0.2) is 48.7 Å². The van der Waals surface area contributed by atoms with Gasteiger partial charge >= 0.3 is 0 Å². The van der Waals surface area contributed by atoms with Crippen LogP contribution in [0.25, 0.3) is 0 Å². The lowest BCUT2D eigenvalue weighted by molar-refractivity contribution is 0.488. The van der Waals surface area contributed by atoms with E-state index in [1.54, 1.807) is 12.3 Å². The molecule has 2 rings (SSSR count). The monoisotopic (exact) mass is 272 g/mol. The van der Waals surface area contributed by atoms with Crippen LogP contribution in [-0.4, -0.2) is 17.6 Å². The Hall–Kier alpha value is -1.74. The normalized spacial score (nSPS) is 12.3. The third-order valence-electron chi connectivity index (χ3n) is 3.29. The Balaban J connectivity index is 2.05.